The molecule has 0 bridgehead atoms. The molecule has 0 aliphatic carbocycles. The SMILES string of the molecule is C=C/C(=C\C=C(/C)C(=O)Nc1ccc(C)cc1)OCC. The van der Waals surface area contributed by atoms with Crippen molar-refractivity contribution in [3.8, 4) is 0 Å². The highest BCUT2D eigenvalue weighted by atomic mass is 16.5. The van der Waals surface area contributed by atoms with Gasteiger partial charge in [0, 0.05) is 11.3 Å². The fourth-order valence-corrected chi connectivity index (χ4v) is 1.49. The first-order valence-electron chi connectivity index (χ1n) is 6.58. The van der Waals surface area contributed by atoms with Crippen molar-refractivity contribution in [3.05, 3.63) is 66.0 Å². The summed E-state index contributed by atoms with van der Waals surface area (Å²) >= 11 is 0. The zero-order valence-corrected chi connectivity index (χ0v) is 12.3. The molecule has 0 radical (unpaired) electrons. The summed E-state index contributed by atoms with van der Waals surface area (Å²) in [5.41, 5.74) is 2.54. The molecule has 106 valence electrons. The highest BCUT2D eigenvalue weighted by Crippen LogP contribution is 2.10. The Morgan fingerprint density at radius 3 is 2.50 bits per heavy atom. The number of rotatable bonds is 6. The Kier molecular flexibility index (Phi) is 6.30. The standard InChI is InChI=1S/C17H21NO2/c1-5-16(20-6-2)12-9-14(4)17(19)18-15-10-7-13(3)8-11-15/h5,7-12H,1,6H2,2-4H3,(H,18,19)/b14-9+,16-12+. The molecule has 1 aromatic rings. The number of anilines is 1. The number of ether oxygens (including phenoxy) is 1. The maximum absolute atomic E-state index is 12.0. The molecule has 0 aliphatic heterocycles. The first-order chi connectivity index (χ1) is 9.56. The number of hydrogen-bond acceptors (Lipinski definition) is 2. The lowest BCUT2D eigenvalue weighted by molar-refractivity contribution is -0.112. The van der Waals surface area contributed by atoms with Crippen LogP contribution in [-0.2, 0) is 9.53 Å². The van der Waals surface area contributed by atoms with E-state index in [0.717, 1.165) is 11.3 Å². The summed E-state index contributed by atoms with van der Waals surface area (Å²) in [6, 6.07) is 7.68. The van der Waals surface area contributed by atoms with E-state index < -0.39 is 0 Å². The van der Waals surface area contributed by atoms with Crippen molar-refractivity contribution in [2.24, 2.45) is 0 Å². The first kappa shape index (κ1) is 15.8. The van der Waals surface area contributed by atoms with Crippen LogP contribution in [-0.4, -0.2) is 12.5 Å². The zero-order valence-electron chi connectivity index (χ0n) is 12.3. The number of benzene rings is 1. The van der Waals surface area contributed by atoms with Crippen molar-refractivity contribution in [3.63, 3.8) is 0 Å². The molecule has 0 aromatic heterocycles. The Bertz CT molecular complexity index is 524. The third-order valence-electron chi connectivity index (χ3n) is 2.68. The van der Waals surface area contributed by atoms with Crippen LogP contribution < -0.4 is 5.32 Å². The van der Waals surface area contributed by atoms with E-state index in [1.165, 1.54) is 0 Å². The second kappa shape index (κ2) is 8.00. The fraction of sp³-hybridized carbons (Fsp3) is 0.235. The summed E-state index contributed by atoms with van der Waals surface area (Å²) in [5.74, 6) is 0.514. The molecule has 0 unspecified atom stereocenters. The molecule has 3 nitrogen and oxygen atoms in total. The van der Waals surface area contributed by atoms with E-state index in [4.69, 9.17) is 4.74 Å². The topological polar surface area (TPSA) is 38.3 Å². The van der Waals surface area contributed by atoms with Crippen molar-refractivity contribution >= 4 is 11.6 Å². The van der Waals surface area contributed by atoms with Crippen LogP contribution in [0.3, 0.4) is 0 Å². The second-order valence-corrected chi connectivity index (χ2v) is 4.38. The molecule has 0 saturated heterocycles. The molecule has 0 saturated carbocycles. The van der Waals surface area contributed by atoms with Crippen LogP contribution in [0, 0.1) is 6.92 Å². The molecule has 1 amide bonds. The summed E-state index contributed by atoms with van der Waals surface area (Å²) in [7, 11) is 0. The highest BCUT2D eigenvalue weighted by Gasteiger charge is 2.03. The maximum Gasteiger partial charge on any atom is 0.251 e. The number of carbonyl (C=O) groups is 1. The van der Waals surface area contributed by atoms with Crippen LogP contribution in [0.5, 0.6) is 0 Å². The molecule has 0 aliphatic rings. The number of nitrogens with one attached hydrogen (secondary N) is 1. The van der Waals surface area contributed by atoms with Gasteiger partial charge in [-0.1, -0.05) is 30.4 Å². The summed E-state index contributed by atoms with van der Waals surface area (Å²) < 4.78 is 5.32. The number of carbonyl (C=O) groups excluding carboxylic acids is 1. The van der Waals surface area contributed by atoms with Crippen molar-refractivity contribution < 1.29 is 9.53 Å². The molecular weight excluding hydrogens is 250 g/mol. The molecule has 0 atom stereocenters. The summed E-state index contributed by atoms with van der Waals surface area (Å²) in [6.45, 7) is 9.89. The van der Waals surface area contributed by atoms with Gasteiger partial charge in [0.15, 0.2) is 0 Å². The van der Waals surface area contributed by atoms with Gasteiger partial charge in [-0.05, 0) is 45.1 Å². The quantitative estimate of drug-likeness (QED) is 0.482. The lowest BCUT2D eigenvalue weighted by Gasteiger charge is -2.06. The molecule has 20 heavy (non-hydrogen) atoms. The Balaban J connectivity index is 2.71. The Hall–Kier alpha value is -2.29. The Labute approximate surface area is 120 Å². The van der Waals surface area contributed by atoms with Crippen molar-refractivity contribution in [2.75, 3.05) is 11.9 Å². The molecule has 0 spiro atoms. The number of hydrogen-bond donors (Lipinski definition) is 1. The van der Waals surface area contributed by atoms with E-state index in [2.05, 4.69) is 11.9 Å². The third kappa shape index (κ3) is 5.14. The molecule has 3 heteroatoms. The van der Waals surface area contributed by atoms with E-state index in [-0.39, 0.29) is 5.91 Å². The summed E-state index contributed by atoms with van der Waals surface area (Å²) in [6.07, 6.45) is 5.07. The minimum Gasteiger partial charge on any atom is -0.494 e. The summed E-state index contributed by atoms with van der Waals surface area (Å²) in [5, 5.41) is 2.84. The summed E-state index contributed by atoms with van der Waals surface area (Å²) in [4.78, 5) is 12.0. The third-order valence-corrected chi connectivity index (χ3v) is 2.68. The molecule has 1 aromatic carbocycles. The predicted octanol–water partition coefficient (Wildman–Crippen LogP) is 3.99. The molecule has 1 N–H and O–H groups in total. The van der Waals surface area contributed by atoms with E-state index in [1.807, 2.05) is 38.1 Å². The molecule has 0 heterocycles. The van der Waals surface area contributed by atoms with Gasteiger partial charge >= 0.3 is 0 Å². The average molecular weight is 271 g/mol. The van der Waals surface area contributed by atoms with Gasteiger partial charge in [0.2, 0.25) is 0 Å². The first-order valence-corrected chi connectivity index (χ1v) is 6.58. The predicted molar refractivity (Wildman–Crippen MR) is 83.5 cm³/mol. The lowest BCUT2D eigenvalue weighted by atomic mass is 10.2. The van der Waals surface area contributed by atoms with Gasteiger partial charge in [-0.3, -0.25) is 4.79 Å². The van der Waals surface area contributed by atoms with Gasteiger partial charge in [0.1, 0.15) is 5.76 Å². The molecular formula is C17H21NO2. The fourth-order valence-electron chi connectivity index (χ4n) is 1.49. The molecule has 0 fully saturated rings. The van der Waals surface area contributed by atoms with E-state index >= 15 is 0 Å². The van der Waals surface area contributed by atoms with E-state index in [1.54, 1.807) is 25.2 Å². The van der Waals surface area contributed by atoms with E-state index in [9.17, 15) is 4.79 Å². The van der Waals surface area contributed by atoms with Gasteiger partial charge in [-0.2, -0.15) is 0 Å². The molecule has 1 rings (SSSR count). The second-order valence-electron chi connectivity index (χ2n) is 4.38. The Morgan fingerprint density at radius 2 is 1.95 bits per heavy atom. The minimum atomic E-state index is -0.134. The Morgan fingerprint density at radius 1 is 1.30 bits per heavy atom. The maximum atomic E-state index is 12.0. The van der Waals surface area contributed by atoms with Crippen LogP contribution in [0.4, 0.5) is 5.69 Å². The monoisotopic (exact) mass is 271 g/mol. The van der Waals surface area contributed by atoms with Crippen LogP contribution in [0.15, 0.2) is 60.4 Å². The van der Waals surface area contributed by atoms with Crippen LogP contribution in [0.25, 0.3) is 0 Å². The van der Waals surface area contributed by atoms with Gasteiger partial charge in [-0.25, -0.2) is 0 Å². The van der Waals surface area contributed by atoms with Crippen molar-refractivity contribution in [2.45, 2.75) is 20.8 Å². The minimum absolute atomic E-state index is 0.134. The number of allylic oxidation sites excluding steroid dienone is 3. The lowest BCUT2D eigenvalue weighted by Crippen LogP contribution is -2.12. The van der Waals surface area contributed by atoms with Gasteiger partial charge in [0.25, 0.3) is 5.91 Å². The van der Waals surface area contributed by atoms with Gasteiger partial charge in [0.05, 0.1) is 6.61 Å². The van der Waals surface area contributed by atoms with Crippen LogP contribution >= 0.6 is 0 Å². The number of amides is 1. The zero-order chi connectivity index (χ0) is 15.0. The van der Waals surface area contributed by atoms with Crippen molar-refractivity contribution in [1.29, 1.82) is 0 Å². The number of aryl methyl sites for hydroxylation is 1. The van der Waals surface area contributed by atoms with Gasteiger partial charge < -0.3 is 10.1 Å². The van der Waals surface area contributed by atoms with Gasteiger partial charge in [-0.15, -0.1) is 0 Å². The van der Waals surface area contributed by atoms with Crippen molar-refractivity contribution in [1.82, 2.24) is 0 Å². The smallest absolute Gasteiger partial charge is 0.251 e. The van der Waals surface area contributed by atoms with Crippen LogP contribution in [0.2, 0.25) is 0 Å². The average Bonchev–Trinajstić information content (AvgIpc) is 2.45. The van der Waals surface area contributed by atoms with E-state index in [0.29, 0.717) is 17.9 Å². The highest BCUT2D eigenvalue weighted by molar-refractivity contribution is 6.03. The largest absolute Gasteiger partial charge is 0.494 e. The van der Waals surface area contributed by atoms with Crippen LogP contribution in [0.1, 0.15) is 19.4 Å². The normalized spacial score (nSPS) is 11.9.